The van der Waals surface area contributed by atoms with Crippen LogP contribution < -0.4 is 5.73 Å². The van der Waals surface area contributed by atoms with Gasteiger partial charge in [-0.25, -0.2) is 0 Å². The SMILES string of the molecule is CS(=O)CC(=O)N1CC(N)C1. The van der Waals surface area contributed by atoms with Gasteiger partial charge in [-0.3, -0.25) is 9.00 Å². The van der Waals surface area contributed by atoms with E-state index >= 15 is 0 Å². The van der Waals surface area contributed by atoms with Gasteiger partial charge in [0.15, 0.2) is 0 Å². The van der Waals surface area contributed by atoms with Crippen molar-refractivity contribution in [3.8, 4) is 0 Å². The monoisotopic (exact) mass is 176 g/mol. The average Bonchev–Trinajstić information content (AvgIpc) is 1.79. The van der Waals surface area contributed by atoms with Gasteiger partial charge >= 0.3 is 0 Å². The van der Waals surface area contributed by atoms with Crippen molar-refractivity contribution >= 4 is 16.7 Å². The Kier molecular flexibility index (Phi) is 2.62. The largest absolute Gasteiger partial charge is 0.339 e. The van der Waals surface area contributed by atoms with Crippen LogP contribution in [-0.2, 0) is 15.6 Å². The van der Waals surface area contributed by atoms with Gasteiger partial charge in [-0.15, -0.1) is 0 Å². The molecule has 0 aliphatic carbocycles. The minimum atomic E-state index is -1.03. The molecule has 0 aromatic rings. The first-order chi connectivity index (χ1) is 5.09. The summed E-state index contributed by atoms with van der Waals surface area (Å²) in [5.41, 5.74) is 5.47. The highest BCUT2D eigenvalue weighted by molar-refractivity contribution is 7.85. The van der Waals surface area contributed by atoms with Crippen molar-refractivity contribution in [2.45, 2.75) is 6.04 Å². The zero-order valence-corrected chi connectivity index (χ0v) is 7.26. The van der Waals surface area contributed by atoms with E-state index in [4.69, 9.17) is 5.73 Å². The molecule has 0 radical (unpaired) electrons. The van der Waals surface area contributed by atoms with Crippen LogP contribution in [0, 0.1) is 0 Å². The second-order valence-corrected chi connectivity index (χ2v) is 4.21. The lowest BCUT2D eigenvalue weighted by atomic mass is 10.1. The normalized spacial score (nSPS) is 21.1. The first-order valence-corrected chi connectivity index (χ1v) is 5.15. The summed E-state index contributed by atoms with van der Waals surface area (Å²) in [5, 5.41) is 0. The van der Waals surface area contributed by atoms with E-state index in [-0.39, 0.29) is 17.7 Å². The molecule has 5 heteroatoms. The summed E-state index contributed by atoms with van der Waals surface area (Å²) in [7, 11) is -1.03. The van der Waals surface area contributed by atoms with Crippen LogP contribution in [0.1, 0.15) is 0 Å². The van der Waals surface area contributed by atoms with Crippen LogP contribution >= 0.6 is 0 Å². The molecule has 64 valence electrons. The van der Waals surface area contributed by atoms with Gasteiger partial charge in [-0.2, -0.15) is 0 Å². The van der Waals surface area contributed by atoms with E-state index in [1.807, 2.05) is 0 Å². The minimum Gasteiger partial charge on any atom is -0.339 e. The smallest absolute Gasteiger partial charge is 0.235 e. The van der Waals surface area contributed by atoms with E-state index < -0.39 is 10.8 Å². The molecule has 0 bridgehead atoms. The van der Waals surface area contributed by atoms with E-state index in [9.17, 15) is 9.00 Å². The Balaban J connectivity index is 2.27. The van der Waals surface area contributed by atoms with Crippen molar-refractivity contribution in [3.05, 3.63) is 0 Å². The highest BCUT2D eigenvalue weighted by atomic mass is 32.2. The van der Waals surface area contributed by atoms with Crippen LogP contribution in [0.25, 0.3) is 0 Å². The van der Waals surface area contributed by atoms with Crippen molar-refractivity contribution in [1.29, 1.82) is 0 Å². The van der Waals surface area contributed by atoms with E-state index in [2.05, 4.69) is 0 Å². The van der Waals surface area contributed by atoms with Crippen LogP contribution in [0.15, 0.2) is 0 Å². The lowest BCUT2D eigenvalue weighted by Gasteiger charge is -2.36. The summed E-state index contributed by atoms with van der Waals surface area (Å²) in [6.07, 6.45) is 1.53. The van der Waals surface area contributed by atoms with Gasteiger partial charge < -0.3 is 10.6 Å². The Labute approximate surface area is 68.2 Å². The fourth-order valence-corrected chi connectivity index (χ4v) is 1.51. The Hall–Kier alpha value is -0.420. The summed E-state index contributed by atoms with van der Waals surface area (Å²) < 4.78 is 10.6. The molecule has 0 saturated carbocycles. The Bertz CT molecular complexity index is 189. The maximum atomic E-state index is 11.1. The second-order valence-electron chi connectivity index (χ2n) is 2.78. The number of nitrogens with zero attached hydrogens (tertiary/aromatic N) is 1. The van der Waals surface area contributed by atoms with E-state index in [1.165, 1.54) is 6.26 Å². The van der Waals surface area contributed by atoms with Crippen molar-refractivity contribution in [3.63, 3.8) is 0 Å². The molecular formula is C6H12N2O2S. The Morgan fingerprint density at radius 1 is 1.73 bits per heavy atom. The lowest BCUT2D eigenvalue weighted by Crippen LogP contribution is -2.58. The summed E-state index contributed by atoms with van der Waals surface area (Å²) in [6.45, 7) is 1.24. The molecule has 1 unspecified atom stereocenters. The highest BCUT2D eigenvalue weighted by Gasteiger charge is 2.27. The lowest BCUT2D eigenvalue weighted by molar-refractivity contribution is -0.132. The van der Waals surface area contributed by atoms with Crippen LogP contribution in [0.5, 0.6) is 0 Å². The maximum absolute atomic E-state index is 11.1. The third-order valence-electron chi connectivity index (χ3n) is 1.59. The number of hydrogen-bond acceptors (Lipinski definition) is 3. The van der Waals surface area contributed by atoms with Crippen LogP contribution in [0.3, 0.4) is 0 Å². The molecule has 1 aliphatic rings. The quantitative estimate of drug-likeness (QED) is 0.559. The van der Waals surface area contributed by atoms with Crippen LogP contribution in [-0.4, -0.2) is 46.2 Å². The number of carbonyl (C=O) groups excluding carboxylic acids is 1. The molecule has 2 N–H and O–H groups in total. The molecule has 1 atom stereocenters. The fraction of sp³-hybridized carbons (Fsp3) is 0.833. The third-order valence-corrected chi connectivity index (χ3v) is 2.24. The van der Waals surface area contributed by atoms with Gasteiger partial charge in [0, 0.05) is 36.2 Å². The van der Waals surface area contributed by atoms with Gasteiger partial charge in [-0.05, 0) is 0 Å². The second kappa shape index (κ2) is 3.32. The molecule has 1 fully saturated rings. The molecule has 0 aromatic heterocycles. The van der Waals surface area contributed by atoms with Gasteiger partial charge in [0.05, 0.1) is 0 Å². The Morgan fingerprint density at radius 2 is 2.27 bits per heavy atom. The van der Waals surface area contributed by atoms with Crippen LogP contribution in [0.4, 0.5) is 0 Å². The van der Waals surface area contributed by atoms with Crippen molar-refractivity contribution in [1.82, 2.24) is 4.90 Å². The van der Waals surface area contributed by atoms with Gasteiger partial charge in [0.2, 0.25) is 5.91 Å². The van der Waals surface area contributed by atoms with Crippen molar-refractivity contribution < 1.29 is 9.00 Å². The fourth-order valence-electron chi connectivity index (χ4n) is 0.981. The van der Waals surface area contributed by atoms with Gasteiger partial charge in [-0.1, -0.05) is 0 Å². The van der Waals surface area contributed by atoms with Crippen LogP contribution in [0.2, 0.25) is 0 Å². The summed E-state index contributed by atoms with van der Waals surface area (Å²) in [6, 6.07) is 0.129. The molecule has 1 saturated heterocycles. The first-order valence-electron chi connectivity index (χ1n) is 3.43. The molecular weight excluding hydrogens is 164 g/mol. The number of nitrogens with two attached hydrogens (primary N) is 1. The summed E-state index contributed by atoms with van der Waals surface area (Å²) in [5.74, 6) is 0.0831. The number of rotatable bonds is 2. The molecule has 1 rings (SSSR count). The number of likely N-dealkylation sites (tertiary alicyclic amines) is 1. The molecule has 0 spiro atoms. The van der Waals surface area contributed by atoms with E-state index in [1.54, 1.807) is 4.90 Å². The molecule has 0 aromatic carbocycles. The molecule has 1 aliphatic heterocycles. The molecule has 1 amide bonds. The standard InChI is InChI=1S/C6H12N2O2S/c1-11(10)4-6(9)8-2-5(7)3-8/h5H,2-4,7H2,1H3. The predicted molar refractivity (Wildman–Crippen MR) is 43.5 cm³/mol. The topological polar surface area (TPSA) is 63.4 Å². The summed E-state index contributed by atoms with van der Waals surface area (Å²) >= 11 is 0. The molecule has 11 heavy (non-hydrogen) atoms. The minimum absolute atomic E-state index is 0.0486. The van der Waals surface area contributed by atoms with E-state index in [0.717, 1.165) is 0 Å². The highest BCUT2D eigenvalue weighted by Crippen LogP contribution is 2.05. The molecule has 1 heterocycles. The number of amides is 1. The number of carbonyl (C=O) groups is 1. The first kappa shape index (κ1) is 8.67. The van der Waals surface area contributed by atoms with Crippen molar-refractivity contribution in [2.24, 2.45) is 5.73 Å². The van der Waals surface area contributed by atoms with Gasteiger partial charge in [0.1, 0.15) is 5.75 Å². The zero-order valence-electron chi connectivity index (χ0n) is 6.45. The molecule has 4 nitrogen and oxygen atoms in total. The zero-order chi connectivity index (χ0) is 8.43. The summed E-state index contributed by atoms with van der Waals surface area (Å²) in [4.78, 5) is 12.7. The Morgan fingerprint density at radius 3 is 2.64 bits per heavy atom. The third kappa shape index (κ3) is 2.27. The maximum Gasteiger partial charge on any atom is 0.235 e. The number of hydrogen-bond donors (Lipinski definition) is 1. The van der Waals surface area contributed by atoms with Crippen molar-refractivity contribution in [2.75, 3.05) is 25.1 Å². The predicted octanol–water partition coefficient (Wildman–Crippen LogP) is -1.47. The average molecular weight is 176 g/mol. The van der Waals surface area contributed by atoms with E-state index in [0.29, 0.717) is 13.1 Å². The van der Waals surface area contributed by atoms with Gasteiger partial charge in [0.25, 0.3) is 0 Å².